The van der Waals surface area contributed by atoms with Gasteiger partial charge in [0.15, 0.2) is 5.96 Å². The van der Waals surface area contributed by atoms with Crippen LogP contribution in [0.5, 0.6) is 0 Å². The van der Waals surface area contributed by atoms with E-state index in [9.17, 15) is 4.79 Å². The Morgan fingerprint density at radius 2 is 2.20 bits per heavy atom. The minimum Gasteiger partial charge on any atom is -0.384 e. The number of benzene rings is 1. The van der Waals surface area contributed by atoms with Gasteiger partial charge in [0.2, 0.25) is 0 Å². The second-order valence-corrected chi connectivity index (χ2v) is 7.07. The lowest BCUT2D eigenvalue weighted by molar-refractivity contribution is 0.0953. The van der Waals surface area contributed by atoms with Crippen LogP contribution in [0.3, 0.4) is 0 Å². The molecule has 138 valence electrons. The lowest BCUT2D eigenvalue weighted by atomic mass is 10.1. The molecule has 0 aromatic heterocycles. The topological polar surface area (TPSA) is 66.0 Å². The number of carbonyl (C=O) groups is 1. The van der Waals surface area contributed by atoms with Crippen LogP contribution >= 0.6 is 15.9 Å². The number of methoxy groups -OCH3 is 1. The molecule has 25 heavy (non-hydrogen) atoms. The number of hydrogen-bond donors (Lipinski definition) is 2. The molecule has 1 aliphatic heterocycles. The molecule has 1 amide bonds. The summed E-state index contributed by atoms with van der Waals surface area (Å²) in [6.07, 6.45) is 1.98. The highest BCUT2D eigenvalue weighted by Crippen LogP contribution is 2.16. The Hall–Kier alpha value is -1.60. The average molecular weight is 411 g/mol. The molecule has 1 fully saturated rings. The number of rotatable bonds is 7. The van der Waals surface area contributed by atoms with Gasteiger partial charge in [-0.1, -0.05) is 22.0 Å². The summed E-state index contributed by atoms with van der Waals surface area (Å²) in [6.45, 7) is 4.19. The van der Waals surface area contributed by atoms with E-state index in [-0.39, 0.29) is 5.91 Å². The van der Waals surface area contributed by atoms with E-state index in [0.717, 1.165) is 49.5 Å². The number of guanidine groups is 1. The molecule has 0 bridgehead atoms. The van der Waals surface area contributed by atoms with Crippen LogP contribution in [-0.4, -0.2) is 63.7 Å². The maximum absolute atomic E-state index is 12.1. The van der Waals surface area contributed by atoms with E-state index in [4.69, 9.17) is 4.74 Å². The fourth-order valence-electron chi connectivity index (χ4n) is 2.95. The Morgan fingerprint density at radius 1 is 1.40 bits per heavy atom. The molecule has 2 rings (SSSR count). The van der Waals surface area contributed by atoms with Gasteiger partial charge in [0, 0.05) is 56.3 Å². The van der Waals surface area contributed by atoms with Crippen molar-refractivity contribution in [3.63, 3.8) is 0 Å². The zero-order valence-electron chi connectivity index (χ0n) is 14.9. The van der Waals surface area contributed by atoms with E-state index < -0.39 is 0 Å². The average Bonchev–Trinajstić information content (AvgIpc) is 3.06. The molecule has 0 aliphatic carbocycles. The highest BCUT2D eigenvalue weighted by molar-refractivity contribution is 9.10. The Morgan fingerprint density at radius 3 is 2.92 bits per heavy atom. The first-order valence-corrected chi connectivity index (χ1v) is 9.41. The number of carbonyl (C=O) groups excluding carboxylic acids is 1. The predicted octanol–water partition coefficient (Wildman–Crippen LogP) is 2.11. The third kappa shape index (κ3) is 6.32. The molecule has 1 aromatic carbocycles. The van der Waals surface area contributed by atoms with Crippen molar-refractivity contribution in [1.82, 2.24) is 15.5 Å². The molecule has 0 saturated carbocycles. The fraction of sp³-hybridized carbons (Fsp3) is 0.556. The predicted molar refractivity (Wildman–Crippen MR) is 104 cm³/mol. The molecule has 1 aromatic rings. The highest BCUT2D eigenvalue weighted by atomic mass is 79.9. The summed E-state index contributed by atoms with van der Waals surface area (Å²) in [5.41, 5.74) is 0.666. The SMILES string of the molecule is CN=C(NCCCNC(=O)c1cccc(Br)c1)N1CCC(COC)C1. The Balaban J connectivity index is 1.65. The number of nitrogens with zero attached hydrogens (tertiary/aromatic N) is 2. The first kappa shape index (κ1) is 19.7. The van der Waals surface area contributed by atoms with Gasteiger partial charge in [-0.25, -0.2) is 0 Å². The summed E-state index contributed by atoms with van der Waals surface area (Å²) in [5, 5.41) is 6.31. The Kier molecular flexibility index (Phi) is 8.21. The van der Waals surface area contributed by atoms with Gasteiger partial charge in [0.1, 0.15) is 0 Å². The summed E-state index contributed by atoms with van der Waals surface area (Å²) in [5.74, 6) is 1.46. The molecule has 1 atom stereocenters. The molecular formula is C18H27BrN4O2. The third-order valence-electron chi connectivity index (χ3n) is 4.21. The molecule has 1 saturated heterocycles. The molecule has 7 heteroatoms. The van der Waals surface area contributed by atoms with Gasteiger partial charge in [0.05, 0.1) is 6.61 Å². The van der Waals surface area contributed by atoms with Crippen LogP contribution in [-0.2, 0) is 4.74 Å². The number of nitrogens with one attached hydrogen (secondary N) is 2. The van der Waals surface area contributed by atoms with E-state index in [2.05, 4.69) is 36.5 Å². The van der Waals surface area contributed by atoms with Gasteiger partial charge in [-0.05, 0) is 31.0 Å². The molecule has 0 radical (unpaired) electrons. The van der Waals surface area contributed by atoms with E-state index in [1.54, 1.807) is 14.2 Å². The highest BCUT2D eigenvalue weighted by Gasteiger charge is 2.24. The maximum Gasteiger partial charge on any atom is 0.251 e. The van der Waals surface area contributed by atoms with E-state index in [1.807, 2.05) is 24.3 Å². The minimum atomic E-state index is -0.0485. The van der Waals surface area contributed by atoms with Gasteiger partial charge in [-0.15, -0.1) is 0 Å². The number of amides is 1. The van der Waals surface area contributed by atoms with Crippen molar-refractivity contribution in [3.05, 3.63) is 34.3 Å². The van der Waals surface area contributed by atoms with Crippen molar-refractivity contribution < 1.29 is 9.53 Å². The van der Waals surface area contributed by atoms with Crippen molar-refractivity contribution in [2.24, 2.45) is 10.9 Å². The summed E-state index contributed by atoms with van der Waals surface area (Å²) in [7, 11) is 3.55. The number of ether oxygens (including phenoxy) is 1. The van der Waals surface area contributed by atoms with E-state index in [0.29, 0.717) is 18.0 Å². The van der Waals surface area contributed by atoms with Crippen molar-refractivity contribution in [3.8, 4) is 0 Å². The van der Waals surface area contributed by atoms with Crippen LogP contribution in [0.15, 0.2) is 33.7 Å². The normalized spacial score (nSPS) is 17.6. The molecule has 6 nitrogen and oxygen atoms in total. The van der Waals surface area contributed by atoms with Gasteiger partial charge >= 0.3 is 0 Å². The van der Waals surface area contributed by atoms with Crippen molar-refractivity contribution in [1.29, 1.82) is 0 Å². The molecule has 1 aliphatic rings. The van der Waals surface area contributed by atoms with E-state index in [1.165, 1.54) is 0 Å². The van der Waals surface area contributed by atoms with Crippen molar-refractivity contribution >= 4 is 27.8 Å². The summed E-state index contributed by atoms with van der Waals surface area (Å²) in [4.78, 5) is 18.7. The van der Waals surface area contributed by atoms with Crippen LogP contribution in [0.4, 0.5) is 0 Å². The van der Waals surface area contributed by atoms with Crippen LogP contribution in [0.25, 0.3) is 0 Å². The smallest absolute Gasteiger partial charge is 0.251 e. The largest absolute Gasteiger partial charge is 0.384 e. The lowest BCUT2D eigenvalue weighted by Crippen LogP contribution is -2.41. The van der Waals surface area contributed by atoms with Gasteiger partial charge < -0.3 is 20.3 Å². The van der Waals surface area contributed by atoms with Gasteiger partial charge in [-0.2, -0.15) is 0 Å². The second-order valence-electron chi connectivity index (χ2n) is 6.15. The van der Waals surface area contributed by atoms with Crippen molar-refractivity contribution in [2.45, 2.75) is 12.8 Å². The van der Waals surface area contributed by atoms with Crippen LogP contribution in [0.2, 0.25) is 0 Å². The second kappa shape index (κ2) is 10.4. The van der Waals surface area contributed by atoms with Crippen LogP contribution in [0, 0.1) is 5.92 Å². The minimum absolute atomic E-state index is 0.0485. The Bertz CT molecular complexity index is 594. The summed E-state index contributed by atoms with van der Waals surface area (Å²) in [6, 6.07) is 7.39. The first-order valence-electron chi connectivity index (χ1n) is 8.62. The standard InChI is InChI=1S/C18H27BrN4O2/c1-20-18(23-10-7-14(12-23)13-25-2)22-9-4-8-21-17(24)15-5-3-6-16(19)11-15/h3,5-6,11,14H,4,7-10,12-13H2,1-2H3,(H,20,22)(H,21,24). The third-order valence-corrected chi connectivity index (χ3v) is 4.70. The van der Waals surface area contributed by atoms with Crippen LogP contribution < -0.4 is 10.6 Å². The number of likely N-dealkylation sites (tertiary alicyclic amines) is 1. The van der Waals surface area contributed by atoms with Gasteiger partial charge in [0.25, 0.3) is 5.91 Å². The zero-order valence-corrected chi connectivity index (χ0v) is 16.5. The zero-order chi connectivity index (χ0) is 18.1. The van der Waals surface area contributed by atoms with Crippen molar-refractivity contribution in [2.75, 3.05) is 46.9 Å². The Labute approximate surface area is 158 Å². The first-order chi connectivity index (χ1) is 12.1. The van der Waals surface area contributed by atoms with Gasteiger partial charge in [-0.3, -0.25) is 9.79 Å². The molecule has 0 spiro atoms. The number of hydrogen-bond acceptors (Lipinski definition) is 3. The molecular weight excluding hydrogens is 384 g/mol. The van der Waals surface area contributed by atoms with Crippen LogP contribution in [0.1, 0.15) is 23.2 Å². The molecule has 1 unspecified atom stereocenters. The monoisotopic (exact) mass is 410 g/mol. The fourth-order valence-corrected chi connectivity index (χ4v) is 3.35. The van der Waals surface area contributed by atoms with E-state index >= 15 is 0 Å². The lowest BCUT2D eigenvalue weighted by Gasteiger charge is -2.21. The number of aliphatic imine (C=N–C) groups is 1. The summed E-state index contributed by atoms with van der Waals surface area (Å²) >= 11 is 3.38. The molecule has 1 heterocycles. The maximum atomic E-state index is 12.1. The number of halogens is 1. The summed E-state index contributed by atoms with van der Waals surface area (Å²) < 4.78 is 6.14. The molecule has 2 N–H and O–H groups in total. The quantitative estimate of drug-likeness (QED) is 0.410.